The van der Waals surface area contributed by atoms with E-state index in [1.807, 2.05) is 0 Å². The Bertz CT molecular complexity index is 719. The molecule has 2 aromatic heterocycles. The van der Waals surface area contributed by atoms with Crippen molar-refractivity contribution in [2.45, 2.75) is 6.10 Å². The topological polar surface area (TPSA) is 103 Å². The highest BCUT2D eigenvalue weighted by Crippen LogP contribution is 2.23. The van der Waals surface area contributed by atoms with Crippen LogP contribution in [0.1, 0.15) is 20.0 Å². The van der Waals surface area contributed by atoms with Crippen molar-refractivity contribution in [1.29, 1.82) is 0 Å². The SMILES string of the molecule is O=C(Nc1ccsc1C(=O)NCC1CNCC1O)c1ccncc1. The minimum atomic E-state index is -0.445. The number of anilines is 1. The van der Waals surface area contributed by atoms with E-state index in [9.17, 15) is 14.7 Å². The molecule has 3 heterocycles. The van der Waals surface area contributed by atoms with Crippen LogP contribution in [0.3, 0.4) is 0 Å². The fourth-order valence-electron chi connectivity index (χ4n) is 2.51. The lowest BCUT2D eigenvalue weighted by Gasteiger charge is -2.14. The number of hydrogen-bond donors (Lipinski definition) is 4. The Labute approximate surface area is 143 Å². The standard InChI is InChI=1S/C16H18N4O3S/c21-13-9-18-7-11(13)8-19-16(23)14-12(3-6-24-14)20-15(22)10-1-4-17-5-2-10/h1-6,11,13,18,21H,7-9H2,(H,19,23)(H,20,22). The summed E-state index contributed by atoms with van der Waals surface area (Å²) in [4.78, 5) is 28.8. The van der Waals surface area contributed by atoms with E-state index in [1.54, 1.807) is 23.6 Å². The Morgan fingerprint density at radius 1 is 1.25 bits per heavy atom. The summed E-state index contributed by atoms with van der Waals surface area (Å²) in [6, 6.07) is 4.91. The van der Waals surface area contributed by atoms with Gasteiger partial charge in [-0.1, -0.05) is 0 Å². The van der Waals surface area contributed by atoms with Crippen molar-refractivity contribution in [2.24, 2.45) is 5.92 Å². The molecule has 8 heteroatoms. The Hall–Kier alpha value is -2.29. The highest BCUT2D eigenvalue weighted by atomic mass is 32.1. The summed E-state index contributed by atoms with van der Waals surface area (Å²) in [7, 11) is 0. The van der Waals surface area contributed by atoms with E-state index in [1.165, 1.54) is 23.7 Å². The zero-order valence-electron chi connectivity index (χ0n) is 12.9. The molecule has 126 valence electrons. The van der Waals surface area contributed by atoms with Gasteiger partial charge < -0.3 is 21.1 Å². The molecule has 0 aromatic carbocycles. The van der Waals surface area contributed by atoms with E-state index in [4.69, 9.17) is 0 Å². The lowest BCUT2D eigenvalue weighted by atomic mass is 10.1. The lowest BCUT2D eigenvalue weighted by molar-refractivity contribution is 0.0932. The maximum Gasteiger partial charge on any atom is 0.263 e. The van der Waals surface area contributed by atoms with Crippen molar-refractivity contribution < 1.29 is 14.7 Å². The van der Waals surface area contributed by atoms with E-state index in [-0.39, 0.29) is 17.7 Å². The average molecular weight is 346 g/mol. The maximum atomic E-state index is 12.3. The molecule has 2 amide bonds. The Morgan fingerprint density at radius 3 is 2.75 bits per heavy atom. The highest BCUT2D eigenvalue weighted by molar-refractivity contribution is 7.12. The van der Waals surface area contributed by atoms with Gasteiger partial charge in [0, 0.05) is 43.5 Å². The zero-order valence-corrected chi connectivity index (χ0v) is 13.7. The molecule has 0 radical (unpaired) electrons. The fraction of sp³-hybridized carbons (Fsp3) is 0.312. The predicted molar refractivity (Wildman–Crippen MR) is 91.2 cm³/mol. The quantitative estimate of drug-likeness (QED) is 0.638. The molecule has 1 fully saturated rings. The van der Waals surface area contributed by atoms with Gasteiger partial charge in [0.1, 0.15) is 4.88 Å². The predicted octanol–water partition coefficient (Wildman–Crippen LogP) is 0.705. The Morgan fingerprint density at radius 2 is 2.04 bits per heavy atom. The molecular weight excluding hydrogens is 328 g/mol. The third-order valence-electron chi connectivity index (χ3n) is 3.89. The van der Waals surface area contributed by atoms with Crippen LogP contribution in [0.2, 0.25) is 0 Å². The van der Waals surface area contributed by atoms with E-state index in [2.05, 4.69) is 20.9 Å². The summed E-state index contributed by atoms with van der Waals surface area (Å²) in [5, 5.41) is 20.2. The Kier molecular flexibility index (Phi) is 5.19. The van der Waals surface area contributed by atoms with Crippen LogP contribution in [0, 0.1) is 5.92 Å². The molecule has 2 aromatic rings. The van der Waals surface area contributed by atoms with E-state index in [0.717, 1.165) is 0 Å². The second kappa shape index (κ2) is 7.52. The second-order valence-corrected chi connectivity index (χ2v) is 6.47. The number of nitrogens with zero attached hydrogens (tertiary/aromatic N) is 1. The van der Waals surface area contributed by atoms with Crippen LogP contribution in [0.5, 0.6) is 0 Å². The monoisotopic (exact) mass is 346 g/mol. The minimum absolute atomic E-state index is 0.00349. The van der Waals surface area contributed by atoms with Crippen LogP contribution in [0.15, 0.2) is 36.0 Å². The van der Waals surface area contributed by atoms with Gasteiger partial charge in [-0.3, -0.25) is 14.6 Å². The number of aliphatic hydroxyl groups is 1. The van der Waals surface area contributed by atoms with E-state index in [0.29, 0.717) is 35.8 Å². The number of carbonyl (C=O) groups is 2. The first-order chi connectivity index (χ1) is 11.6. The minimum Gasteiger partial charge on any atom is -0.391 e. The third kappa shape index (κ3) is 3.78. The number of aliphatic hydroxyl groups excluding tert-OH is 1. The number of amides is 2. The summed E-state index contributed by atoms with van der Waals surface area (Å²) < 4.78 is 0. The number of β-amino-alcohol motifs (C(OH)–C–C–N with tert-alkyl or cyclic N) is 1. The van der Waals surface area contributed by atoms with Gasteiger partial charge in [0.05, 0.1) is 11.8 Å². The fourth-order valence-corrected chi connectivity index (χ4v) is 3.28. The van der Waals surface area contributed by atoms with Crippen molar-refractivity contribution in [2.75, 3.05) is 25.0 Å². The molecule has 0 saturated carbocycles. The van der Waals surface area contributed by atoms with Crippen LogP contribution in [-0.2, 0) is 0 Å². The van der Waals surface area contributed by atoms with Gasteiger partial charge in [0.25, 0.3) is 11.8 Å². The van der Waals surface area contributed by atoms with E-state index >= 15 is 0 Å². The molecule has 1 aliphatic rings. The number of pyridine rings is 1. The van der Waals surface area contributed by atoms with Gasteiger partial charge in [-0.2, -0.15) is 0 Å². The van der Waals surface area contributed by atoms with Gasteiger partial charge >= 0.3 is 0 Å². The maximum absolute atomic E-state index is 12.3. The summed E-state index contributed by atoms with van der Waals surface area (Å²) >= 11 is 1.26. The molecule has 2 atom stereocenters. The lowest BCUT2D eigenvalue weighted by Crippen LogP contribution is -2.34. The molecule has 24 heavy (non-hydrogen) atoms. The molecule has 0 aliphatic carbocycles. The first-order valence-corrected chi connectivity index (χ1v) is 8.49. The van der Waals surface area contributed by atoms with Gasteiger partial charge in [0.15, 0.2) is 0 Å². The first kappa shape index (κ1) is 16.6. The van der Waals surface area contributed by atoms with E-state index < -0.39 is 6.10 Å². The second-order valence-electron chi connectivity index (χ2n) is 5.55. The number of aromatic nitrogens is 1. The van der Waals surface area contributed by atoms with Crippen LogP contribution < -0.4 is 16.0 Å². The van der Waals surface area contributed by atoms with Crippen molar-refractivity contribution >= 4 is 28.8 Å². The highest BCUT2D eigenvalue weighted by Gasteiger charge is 2.25. The van der Waals surface area contributed by atoms with Crippen LogP contribution >= 0.6 is 11.3 Å². The summed E-state index contributed by atoms with van der Waals surface area (Å²) in [6.45, 7) is 1.62. The first-order valence-electron chi connectivity index (χ1n) is 7.61. The average Bonchev–Trinajstić information content (AvgIpc) is 3.22. The molecule has 1 aliphatic heterocycles. The number of rotatable bonds is 5. The molecule has 1 saturated heterocycles. The van der Waals surface area contributed by atoms with Crippen molar-refractivity contribution in [3.05, 3.63) is 46.4 Å². The molecule has 0 spiro atoms. The smallest absolute Gasteiger partial charge is 0.263 e. The summed E-state index contributed by atoms with van der Waals surface area (Å²) in [6.07, 6.45) is 2.63. The molecule has 0 bridgehead atoms. The number of thiophene rings is 1. The number of nitrogens with one attached hydrogen (secondary N) is 3. The molecule has 2 unspecified atom stereocenters. The van der Waals surface area contributed by atoms with Crippen molar-refractivity contribution in [3.63, 3.8) is 0 Å². The number of hydrogen-bond acceptors (Lipinski definition) is 6. The van der Waals surface area contributed by atoms with Gasteiger partial charge in [-0.15, -0.1) is 11.3 Å². The molecule has 3 rings (SSSR count). The summed E-state index contributed by atoms with van der Waals surface area (Å²) in [5.41, 5.74) is 0.951. The molecule has 7 nitrogen and oxygen atoms in total. The van der Waals surface area contributed by atoms with Gasteiger partial charge in [0.2, 0.25) is 0 Å². The van der Waals surface area contributed by atoms with Crippen molar-refractivity contribution in [3.8, 4) is 0 Å². The van der Waals surface area contributed by atoms with Gasteiger partial charge in [-0.25, -0.2) is 0 Å². The third-order valence-corrected chi connectivity index (χ3v) is 4.80. The molecule has 4 N–H and O–H groups in total. The zero-order chi connectivity index (χ0) is 16.9. The normalized spacial score (nSPS) is 19.9. The van der Waals surface area contributed by atoms with Crippen LogP contribution in [0.4, 0.5) is 5.69 Å². The van der Waals surface area contributed by atoms with Crippen molar-refractivity contribution in [1.82, 2.24) is 15.6 Å². The van der Waals surface area contributed by atoms with Gasteiger partial charge in [-0.05, 0) is 23.6 Å². The largest absolute Gasteiger partial charge is 0.391 e. The summed E-state index contributed by atoms with van der Waals surface area (Å²) in [5.74, 6) is -0.543. The molecular formula is C16H18N4O3S. The van der Waals surface area contributed by atoms with Crippen LogP contribution in [-0.4, -0.2) is 47.6 Å². The van der Waals surface area contributed by atoms with Crippen LogP contribution in [0.25, 0.3) is 0 Å². The number of carbonyl (C=O) groups excluding carboxylic acids is 2. The Balaban J connectivity index is 1.62.